The van der Waals surface area contributed by atoms with Gasteiger partial charge in [-0.05, 0) is 85.7 Å². The Morgan fingerprint density at radius 1 is 0.818 bits per heavy atom. The molecular weight excluding hydrogens is 555 g/mol. The van der Waals surface area contributed by atoms with E-state index in [1.165, 1.54) is 24.5 Å². The Bertz CT molecular complexity index is 1270. The smallest absolute Gasteiger partial charge is 0.253 e. The SMILES string of the molecule is CC(C)(C)C1CCC(c2cc(C(=O)N3CCC(Oc4cc(F)cc(N5CCNCC5)c4)CC3)ccc2O[C@H]2CCNC2)CC1. The molecule has 2 aromatic carbocycles. The van der Waals surface area contributed by atoms with Crippen LogP contribution in [-0.4, -0.2) is 75.4 Å². The maximum atomic E-state index is 14.5. The summed E-state index contributed by atoms with van der Waals surface area (Å²) in [6.45, 7) is 13.7. The molecule has 1 saturated carbocycles. The van der Waals surface area contributed by atoms with Gasteiger partial charge < -0.3 is 29.9 Å². The monoisotopic (exact) mass is 606 g/mol. The molecule has 1 atom stereocenters. The van der Waals surface area contributed by atoms with E-state index in [1.807, 2.05) is 23.1 Å². The molecular formula is C36H51FN4O3. The molecule has 4 fully saturated rings. The van der Waals surface area contributed by atoms with Gasteiger partial charge in [-0.15, -0.1) is 0 Å². The van der Waals surface area contributed by atoms with E-state index < -0.39 is 0 Å². The topological polar surface area (TPSA) is 66.1 Å². The molecule has 0 bridgehead atoms. The number of carbonyl (C=O) groups is 1. The second-order valence-electron chi connectivity index (χ2n) is 14.4. The van der Waals surface area contributed by atoms with Gasteiger partial charge in [-0.1, -0.05) is 20.8 Å². The number of hydrogen-bond acceptors (Lipinski definition) is 6. The Hall–Kier alpha value is -2.84. The molecule has 3 saturated heterocycles. The lowest BCUT2D eigenvalue weighted by molar-refractivity contribution is 0.0595. The zero-order valence-corrected chi connectivity index (χ0v) is 26.9. The molecule has 1 aliphatic carbocycles. The molecule has 2 N–H and O–H groups in total. The fourth-order valence-corrected chi connectivity index (χ4v) is 7.56. The minimum absolute atomic E-state index is 0.0407. The van der Waals surface area contributed by atoms with Crippen LogP contribution in [0.15, 0.2) is 36.4 Å². The molecule has 3 heterocycles. The summed E-state index contributed by atoms with van der Waals surface area (Å²) in [6.07, 6.45) is 7.32. The van der Waals surface area contributed by atoms with Gasteiger partial charge >= 0.3 is 0 Å². The first-order valence-corrected chi connectivity index (χ1v) is 17.0. The number of carbonyl (C=O) groups excluding carboxylic acids is 1. The molecule has 0 spiro atoms. The highest BCUT2D eigenvalue weighted by Crippen LogP contribution is 2.45. The van der Waals surface area contributed by atoms with Crippen molar-refractivity contribution in [3.05, 3.63) is 53.3 Å². The quantitative estimate of drug-likeness (QED) is 0.405. The van der Waals surface area contributed by atoms with E-state index in [9.17, 15) is 9.18 Å². The van der Waals surface area contributed by atoms with Crippen molar-refractivity contribution in [1.82, 2.24) is 15.5 Å². The summed E-state index contributed by atoms with van der Waals surface area (Å²) in [5.41, 5.74) is 3.16. The lowest BCUT2D eigenvalue weighted by Crippen LogP contribution is -2.43. The van der Waals surface area contributed by atoms with Gasteiger partial charge in [-0.25, -0.2) is 4.39 Å². The highest BCUT2D eigenvalue weighted by atomic mass is 19.1. The maximum absolute atomic E-state index is 14.5. The number of nitrogens with one attached hydrogen (secondary N) is 2. The number of ether oxygens (including phenoxy) is 2. The van der Waals surface area contributed by atoms with E-state index in [-0.39, 0.29) is 23.9 Å². The highest BCUT2D eigenvalue weighted by Gasteiger charge is 2.33. The van der Waals surface area contributed by atoms with E-state index in [0.29, 0.717) is 30.2 Å². The average Bonchev–Trinajstić information content (AvgIpc) is 3.54. The predicted octanol–water partition coefficient (Wildman–Crippen LogP) is 5.98. The van der Waals surface area contributed by atoms with Gasteiger partial charge in [0.05, 0.1) is 0 Å². The number of piperidine rings is 1. The van der Waals surface area contributed by atoms with Crippen LogP contribution in [0, 0.1) is 17.2 Å². The lowest BCUT2D eigenvalue weighted by Gasteiger charge is -2.37. The predicted molar refractivity (Wildman–Crippen MR) is 174 cm³/mol. The van der Waals surface area contributed by atoms with E-state index >= 15 is 0 Å². The van der Waals surface area contributed by atoms with Crippen LogP contribution >= 0.6 is 0 Å². The first kappa shape index (κ1) is 31.2. The summed E-state index contributed by atoms with van der Waals surface area (Å²) < 4.78 is 27.3. The summed E-state index contributed by atoms with van der Waals surface area (Å²) in [4.78, 5) is 17.9. The Balaban J connectivity index is 1.10. The van der Waals surface area contributed by atoms with Gasteiger partial charge in [0.2, 0.25) is 0 Å². The molecule has 8 heteroatoms. The third-order valence-electron chi connectivity index (χ3n) is 10.3. The Morgan fingerprint density at radius 2 is 1.57 bits per heavy atom. The minimum Gasteiger partial charge on any atom is -0.490 e. The van der Waals surface area contributed by atoms with Gasteiger partial charge in [0.1, 0.15) is 29.5 Å². The highest BCUT2D eigenvalue weighted by molar-refractivity contribution is 5.94. The van der Waals surface area contributed by atoms with Crippen molar-refractivity contribution in [3.8, 4) is 11.5 Å². The Labute approximate surface area is 262 Å². The Morgan fingerprint density at radius 3 is 2.25 bits per heavy atom. The Kier molecular flexibility index (Phi) is 9.67. The largest absolute Gasteiger partial charge is 0.490 e. The number of hydrogen-bond donors (Lipinski definition) is 2. The molecule has 0 radical (unpaired) electrons. The number of piperazine rings is 1. The van der Waals surface area contributed by atoms with Gasteiger partial charge in [0.25, 0.3) is 5.91 Å². The van der Waals surface area contributed by atoms with Crippen molar-refractivity contribution in [2.75, 3.05) is 57.3 Å². The molecule has 6 rings (SSSR count). The lowest BCUT2D eigenvalue weighted by atomic mass is 9.68. The molecule has 2 aromatic rings. The van der Waals surface area contributed by atoms with Crippen LogP contribution in [0.4, 0.5) is 10.1 Å². The standard InChI is InChI=1S/C36H51FN4O3/c1-36(2,3)27-7-4-25(5-8-27)33-20-26(6-9-34(33)44-31-10-13-39-24-31)35(42)41-16-11-30(12-17-41)43-32-22-28(37)21-29(23-32)40-18-14-38-15-19-40/h6,9,20-23,25,27,30-31,38-39H,4-5,7-8,10-19,24H2,1-3H3/t25?,27?,31-/m0/s1. The third-order valence-corrected chi connectivity index (χ3v) is 10.3. The number of benzene rings is 2. The van der Waals surface area contributed by atoms with Crippen molar-refractivity contribution in [2.24, 2.45) is 11.3 Å². The fourth-order valence-electron chi connectivity index (χ4n) is 7.56. The summed E-state index contributed by atoms with van der Waals surface area (Å²) in [7, 11) is 0. The van der Waals surface area contributed by atoms with E-state index in [1.54, 1.807) is 6.07 Å². The zero-order chi connectivity index (χ0) is 30.7. The van der Waals surface area contributed by atoms with Gasteiger partial charge in [0.15, 0.2) is 0 Å². The molecule has 7 nitrogen and oxygen atoms in total. The summed E-state index contributed by atoms with van der Waals surface area (Å²) in [5, 5.41) is 6.75. The first-order valence-electron chi connectivity index (χ1n) is 17.0. The maximum Gasteiger partial charge on any atom is 0.253 e. The van der Waals surface area contributed by atoms with E-state index in [2.05, 4.69) is 42.4 Å². The number of rotatable bonds is 7. The second kappa shape index (κ2) is 13.7. The van der Waals surface area contributed by atoms with Crippen LogP contribution in [0.25, 0.3) is 0 Å². The molecule has 4 aliphatic rings. The summed E-state index contributed by atoms with van der Waals surface area (Å²) >= 11 is 0. The minimum atomic E-state index is -0.275. The number of likely N-dealkylation sites (tertiary alicyclic amines) is 1. The van der Waals surface area contributed by atoms with Crippen molar-refractivity contribution in [1.29, 1.82) is 0 Å². The first-order chi connectivity index (χ1) is 21.2. The second-order valence-corrected chi connectivity index (χ2v) is 14.4. The average molecular weight is 607 g/mol. The van der Waals surface area contributed by atoms with Gasteiger partial charge in [0, 0.05) is 82.0 Å². The number of halogens is 1. The number of nitrogens with zero attached hydrogens (tertiary/aromatic N) is 2. The van der Waals surface area contributed by atoms with Crippen LogP contribution in [0.2, 0.25) is 0 Å². The van der Waals surface area contributed by atoms with Crippen LogP contribution in [0.3, 0.4) is 0 Å². The number of amides is 1. The third kappa shape index (κ3) is 7.51. The van der Waals surface area contributed by atoms with Crippen molar-refractivity contribution in [3.63, 3.8) is 0 Å². The van der Waals surface area contributed by atoms with Crippen LogP contribution in [-0.2, 0) is 0 Å². The van der Waals surface area contributed by atoms with Crippen molar-refractivity contribution in [2.45, 2.75) is 83.8 Å². The molecule has 0 unspecified atom stereocenters. The van der Waals surface area contributed by atoms with Crippen molar-refractivity contribution < 1.29 is 18.7 Å². The summed E-state index contributed by atoms with van der Waals surface area (Å²) in [5.74, 6) is 2.48. The zero-order valence-electron chi connectivity index (χ0n) is 26.9. The molecule has 240 valence electrons. The van der Waals surface area contributed by atoms with Gasteiger partial charge in [-0.3, -0.25) is 4.79 Å². The normalized spacial score (nSPS) is 25.2. The van der Waals surface area contributed by atoms with E-state index in [0.717, 1.165) is 94.3 Å². The molecule has 44 heavy (non-hydrogen) atoms. The van der Waals surface area contributed by atoms with Crippen LogP contribution in [0.1, 0.15) is 87.6 Å². The van der Waals surface area contributed by atoms with Crippen LogP contribution < -0.4 is 25.0 Å². The molecule has 3 aliphatic heterocycles. The fraction of sp³-hybridized carbons (Fsp3) is 0.639. The van der Waals surface area contributed by atoms with E-state index in [4.69, 9.17) is 9.47 Å². The van der Waals surface area contributed by atoms with Crippen molar-refractivity contribution >= 4 is 11.6 Å². The van der Waals surface area contributed by atoms with Crippen LogP contribution in [0.5, 0.6) is 11.5 Å². The number of anilines is 1. The van der Waals surface area contributed by atoms with Gasteiger partial charge in [-0.2, -0.15) is 0 Å². The molecule has 0 aromatic heterocycles. The summed E-state index contributed by atoms with van der Waals surface area (Å²) in [6, 6.07) is 11.2. The molecule has 1 amide bonds.